The summed E-state index contributed by atoms with van der Waals surface area (Å²) in [4.78, 5) is 34.3. The second kappa shape index (κ2) is 10.0. The third-order valence-corrected chi connectivity index (χ3v) is 6.68. The fourth-order valence-corrected chi connectivity index (χ4v) is 4.61. The first kappa shape index (κ1) is 24.0. The molecule has 1 aromatic heterocycles. The van der Waals surface area contributed by atoms with Gasteiger partial charge in [0, 0.05) is 49.5 Å². The van der Waals surface area contributed by atoms with Crippen molar-refractivity contribution in [2.24, 2.45) is 0 Å². The van der Waals surface area contributed by atoms with Crippen molar-refractivity contribution in [1.29, 1.82) is 0 Å². The second-order valence-corrected chi connectivity index (χ2v) is 9.31. The predicted octanol–water partition coefficient (Wildman–Crippen LogP) is 4.04. The largest absolute Gasteiger partial charge is 0.497 e. The van der Waals surface area contributed by atoms with Crippen LogP contribution < -0.4 is 10.1 Å². The molecular formula is C25H28ClFN4O3. The van der Waals surface area contributed by atoms with Gasteiger partial charge in [0.15, 0.2) is 0 Å². The Labute approximate surface area is 202 Å². The van der Waals surface area contributed by atoms with Gasteiger partial charge in [-0.05, 0) is 49.1 Å². The number of carbonyl (C=O) groups excluding carboxylic acids is 2. The number of fused-ring (bicyclic) bond motifs is 1. The van der Waals surface area contributed by atoms with E-state index >= 15 is 0 Å². The summed E-state index contributed by atoms with van der Waals surface area (Å²) < 4.78 is 19.6. The van der Waals surface area contributed by atoms with Gasteiger partial charge >= 0.3 is 0 Å². The van der Waals surface area contributed by atoms with Crippen molar-refractivity contribution >= 4 is 34.4 Å². The fourth-order valence-electron chi connectivity index (χ4n) is 4.43. The zero-order valence-corrected chi connectivity index (χ0v) is 20.0. The van der Waals surface area contributed by atoms with Crippen molar-refractivity contribution in [2.45, 2.75) is 44.1 Å². The van der Waals surface area contributed by atoms with E-state index in [-0.39, 0.29) is 24.1 Å². The van der Waals surface area contributed by atoms with Gasteiger partial charge in [0.05, 0.1) is 18.1 Å². The van der Waals surface area contributed by atoms with E-state index in [1.807, 2.05) is 12.1 Å². The number of H-pyrrole nitrogens is 1. The van der Waals surface area contributed by atoms with Crippen LogP contribution in [0.15, 0.2) is 36.4 Å². The van der Waals surface area contributed by atoms with Gasteiger partial charge < -0.3 is 19.9 Å². The lowest BCUT2D eigenvalue weighted by Gasteiger charge is -2.30. The molecule has 1 fully saturated rings. The highest BCUT2D eigenvalue weighted by Crippen LogP contribution is 2.31. The molecule has 0 spiro atoms. The number of aromatic nitrogens is 2. The number of amides is 2. The Balaban J connectivity index is 1.36. The van der Waals surface area contributed by atoms with Gasteiger partial charge in [-0.1, -0.05) is 17.7 Å². The molecule has 0 saturated carbocycles. The number of rotatable bonds is 9. The maximum atomic E-state index is 14.6. The highest BCUT2D eigenvalue weighted by Gasteiger charge is 2.38. The summed E-state index contributed by atoms with van der Waals surface area (Å²) in [7, 11) is 3.24. The Morgan fingerprint density at radius 1 is 1.29 bits per heavy atom. The Kier molecular flexibility index (Phi) is 7.07. The molecule has 0 aliphatic carbocycles. The zero-order valence-electron chi connectivity index (χ0n) is 19.3. The first-order valence-electron chi connectivity index (χ1n) is 11.3. The van der Waals surface area contributed by atoms with Crippen molar-refractivity contribution in [1.82, 2.24) is 20.2 Å². The molecule has 3 aromatic rings. The van der Waals surface area contributed by atoms with Crippen LogP contribution in [-0.4, -0.2) is 52.9 Å². The molecule has 4 rings (SSSR count). The monoisotopic (exact) mass is 486 g/mol. The molecule has 9 heteroatoms. The number of aromatic amines is 1. The van der Waals surface area contributed by atoms with Crippen LogP contribution in [0.3, 0.4) is 0 Å². The second-order valence-electron chi connectivity index (χ2n) is 8.87. The molecule has 2 aromatic carbocycles. The first-order chi connectivity index (χ1) is 16.3. The molecule has 1 unspecified atom stereocenters. The molecule has 1 aliphatic heterocycles. The first-order valence-corrected chi connectivity index (χ1v) is 11.7. The number of nitrogens with one attached hydrogen (secondary N) is 2. The number of likely N-dealkylation sites (N-methyl/N-ethyl adjacent to an activating group) is 1. The lowest BCUT2D eigenvalue weighted by Crippen LogP contribution is -2.45. The molecule has 1 aliphatic rings. The van der Waals surface area contributed by atoms with E-state index in [4.69, 9.17) is 16.3 Å². The molecule has 7 nitrogen and oxygen atoms in total. The molecule has 180 valence electrons. The summed E-state index contributed by atoms with van der Waals surface area (Å²) in [6, 6.07) is 10.2. The van der Waals surface area contributed by atoms with Gasteiger partial charge in [-0.15, -0.1) is 0 Å². The van der Waals surface area contributed by atoms with E-state index in [0.717, 1.165) is 16.9 Å². The van der Waals surface area contributed by atoms with Gasteiger partial charge in [-0.25, -0.2) is 9.37 Å². The quantitative estimate of drug-likeness (QED) is 0.478. The Hall–Kier alpha value is -3.13. The van der Waals surface area contributed by atoms with Crippen molar-refractivity contribution in [3.05, 3.63) is 58.6 Å². The highest BCUT2D eigenvalue weighted by molar-refractivity contribution is 6.31. The van der Waals surface area contributed by atoms with Gasteiger partial charge in [0.25, 0.3) is 0 Å². The van der Waals surface area contributed by atoms with E-state index < -0.39 is 5.54 Å². The summed E-state index contributed by atoms with van der Waals surface area (Å²) >= 11 is 6.03. The molecule has 1 saturated heterocycles. The zero-order chi connectivity index (χ0) is 24.3. The van der Waals surface area contributed by atoms with Crippen molar-refractivity contribution < 1.29 is 18.7 Å². The molecular weight excluding hydrogens is 459 g/mol. The van der Waals surface area contributed by atoms with Gasteiger partial charge in [0.1, 0.15) is 17.4 Å². The van der Waals surface area contributed by atoms with E-state index in [1.54, 1.807) is 30.1 Å². The standard InChI is InChI=1S/C25H28ClFN4O3/c1-31(12-9-22-28-20-6-4-17(26)13-21(20)29-22)24(33)8-11-25(10-7-23(32)30-25)15-16-3-5-18(34-2)14-19(16)27/h3-6,13-14H,7-12,15H2,1-2H3,(H,28,29)(H,30,32). The Bertz CT molecular complexity index is 1210. The smallest absolute Gasteiger partial charge is 0.222 e. The summed E-state index contributed by atoms with van der Waals surface area (Å²) in [5.41, 5.74) is 1.55. The lowest BCUT2D eigenvalue weighted by molar-refractivity contribution is -0.130. The highest BCUT2D eigenvalue weighted by atomic mass is 35.5. The van der Waals surface area contributed by atoms with E-state index in [9.17, 15) is 14.0 Å². The van der Waals surface area contributed by atoms with Crippen molar-refractivity contribution in [2.75, 3.05) is 20.7 Å². The summed E-state index contributed by atoms with van der Waals surface area (Å²) in [6.45, 7) is 0.499. The topological polar surface area (TPSA) is 87.3 Å². The van der Waals surface area contributed by atoms with Crippen LogP contribution in [0.25, 0.3) is 11.0 Å². The van der Waals surface area contributed by atoms with Crippen LogP contribution in [0.2, 0.25) is 5.02 Å². The number of methoxy groups -OCH3 is 1. The minimum Gasteiger partial charge on any atom is -0.497 e. The average Bonchev–Trinajstić information content (AvgIpc) is 3.39. The van der Waals surface area contributed by atoms with Crippen LogP contribution in [0.1, 0.15) is 37.1 Å². The van der Waals surface area contributed by atoms with E-state index in [0.29, 0.717) is 55.0 Å². The van der Waals surface area contributed by atoms with Crippen molar-refractivity contribution in [3.63, 3.8) is 0 Å². The van der Waals surface area contributed by atoms with E-state index in [1.165, 1.54) is 13.2 Å². The molecule has 0 bridgehead atoms. The molecule has 34 heavy (non-hydrogen) atoms. The number of hydrogen-bond donors (Lipinski definition) is 2. The molecule has 2 N–H and O–H groups in total. The SMILES string of the molecule is COc1ccc(CC2(CCC(=O)N(C)CCc3nc4ccc(Cl)cc4[nH]3)CCC(=O)N2)c(F)c1. The maximum Gasteiger partial charge on any atom is 0.222 e. The number of halogens is 2. The van der Waals surface area contributed by atoms with Crippen LogP contribution in [0.4, 0.5) is 4.39 Å². The number of hydrogen-bond acceptors (Lipinski definition) is 4. The predicted molar refractivity (Wildman–Crippen MR) is 128 cm³/mol. The Morgan fingerprint density at radius 3 is 2.82 bits per heavy atom. The molecule has 2 heterocycles. The summed E-state index contributed by atoms with van der Waals surface area (Å²) in [5.74, 6) is 0.742. The lowest BCUT2D eigenvalue weighted by atomic mass is 9.84. The molecule has 1 atom stereocenters. The maximum absolute atomic E-state index is 14.6. The van der Waals surface area contributed by atoms with Crippen LogP contribution >= 0.6 is 11.6 Å². The van der Waals surface area contributed by atoms with E-state index in [2.05, 4.69) is 15.3 Å². The van der Waals surface area contributed by atoms with Gasteiger partial charge in [0.2, 0.25) is 11.8 Å². The Morgan fingerprint density at radius 2 is 2.12 bits per heavy atom. The summed E-state index contributed by atoms with van der Waals surface area (Å²) in [6.07, 6.45) is 2.54. The number of nitrogens with zero attached hydrogens (tertiary/aromatic N) is 2. The summed E-state index contributed by atoms with van der Waals surface area (Å²) in [5, 5.41) is 3.65. The molecule has 0 radical (unpaired) electrons. The average molecular weight is 487 g/mol. The van der Waals surface area contributed by atoms with Crippen molar-refractivity contribution in [3.8, 4) is 5.75 Å². The number of ether oxygens (including phenoxy) is 1. The minimum atomic E-state index is -0.638. The number of benzene rings is 2. The third kappa shape index (κ3) is 5.50. The van der Waals surface area contributed by atoms with Gasteiger partial charge in [-0.3, -0.25) is 9.59 Å². The fraction of sp³-hybridized carbons (Fsp3) is 0.400. The number of carbonyl (C=O) groups is 2. The van der Waals surface area contributed by atoms with Crippen LogP contribution in [0, 0.1) is 5.82 Å². The van der Waals surface area contributed by atoms with Gasteiger partial charge in [-0.2, -0.15) is 0 Å². The van der Waals surface area contributed by atoms with Crippen LogP contribution in [0.5, 0.6) is 5.75 Å². The molecule has 2 amide bonds. The third-order valence-electron chi connectivity index (χ3n) is 6.44. The number of imidazole rings is 1. The normalized spacial score (nSPS) is 17.7. The minimum absolute atomic E-state index is 0.0325. The van der Waals surface area contributed by atoms with Crippen LogP contribution in [-0.2, 0) is 22.4 Å².